The first-order valence-corrected chi connectivity index (χ1v) is 4.99. The van der Waals surface area contributed by atoms with Crippen molar-refractivity contribution >= 4 is 11.4 Å². The molecule has 0 atom stereocenters. The number of nitrogens with two attached hydrogens (primary N) is 1. The van der Waals surface area contributed by atoms with Gasteiger partial charge in [0.1, 0.15) is 0 Å². The molecule has 1 aromatic rings. The van der Waals surface area contributed by atoms with Crippen molar-refractivity contribution in [2.45, 2.75) is 0 Å². The number of nitriles is 1. The molecule has 0 aliphatic carbocycles. The van der Waals surface area contributed by atoms with Gasteiger partial charge in [0.2, 0.25) is 0 Å². The molecule has 5 heteroatoms. The van der Waals surface area contributed by atoms with Gasteiger partial charge in [-0.05, 0) is 18.2 Å². The molecule has 0 bridgehead atoms. The van der Waals surface area contributed by atoms with E-state index >= 15 is 0 Å². The highest BCUT2D eigenvalue weighted by Gasteiger charge is 2.09. The molecule has 0 aliphatic rings. The van der Waals surface area contributed by atoms with Crippen LogP contribution in [-0.4, -0.2) is 36.5 Å². The smallest absolute Gasteiger partial charge is 0.0992 e. The van der Waals surface area contributed by atoms with Crippen molar-refractivity contribution in [1.29, 1.82) is 5.26 Å². The van der Waals surface area contributed by atoms with Crippen LogP contribution in [0.5, 0.6) is 0 Å². The van der Waals surface area contributed by atoms with Crippen LogP contribution in [0.1, 0.15) is 5.56 Å². The zero-order valence-corrected chi connectivity index (χ0v) is 8.93. The van der Waals surface area contributed by atoms with Gasteiger partial charge in [-0.2, -0.15) is 5.26 Å². The Morgan fingerprint density at radius 3 is 2.31 bits per heavy atom. The van der Waals surface area contributed by atoms with Crippen LogP contribution in [-0.2, 0) is 0 Å². The van der Waals surface area contributed by atoms with E-state index in [4.69, 9.17) is 21.2 Å². The lowest BCUT2D eigenvalue weighted by molar-refractivity contribution is 0.281. The molecule has 86 valence electrons. The van der Waals surface area contributed by atoms with Gasteiger partial charge in [-0.3, -0.25) is 0 Å². The van der Waals surface area contributed by atoms with E-state index < -0.39 is 0 Å². The van der Waals surface area contributed by atoms with E-state index in [9.17, 15) is 0 Å². The first-order valence-electron chi connectivity index (χ1n) is 4.99. The van der Waals surface area contributed by atoms with Gasteiger partial charge in [0.25, 0.3) is 0 Å². The minimum Gasteiger partial charge on any atom is -0.397 e. The Hall–Kier alpha value is -1.77. The third-order valence-corrected chi connectivity index (χ3v) is 2.24. The second-order valence-electron chi connectivity index (χ2n) is 3.32. The highest BCUT2D eigenvalue weighted by atomic mass is 16.3. The molecule has 0 unspecified atom stereocenters. The van der Waals surface area contributed by atoms with E-state index in [2.05, 4.69) is 0 Å². The zero-order chi connectivity index (χ0) is 12.0. The first-order chi connectivity index (χ1) is 7.72. The topological polar surface area (TPSA) is 93.5 Å². The fourth-order valence-electron chi connectivity index (χ4n) is 1.51. The molecule has 0 fully saturated rings. The first kappa shape index (κ1) is 12.3. The molecule has 16 heavy (non-hydrogen) atoms. The van der Waals surface area contributed by atoms with E-state index in [0.29, 0.717) is 24.3 Å². The number of nitrogens with zero attached hydrogens (tertiary/aromatic N) is 2. The summed E-state index contributed by atoms with van der Waals surface area (Å²) in [5, 5.41) is 26.5. The Morgan fingerprint density at radius 1 is 1.25 bits per heavy atom. The van der Waals surface area contributed by atoms with E-state index in [1.54, 1.807) is 23.1 Å². The number of hydrogen-bond donors (Lipinski definition) is 3. The monoisotopic (exact) mass is 221 g/mol. The van der Waals surface area contributed by atoms with Gasteiger partial charge in [-0.1, -0.05) is 0 Å². The van der Waals surface area contributed by atoms with Crippen LogP contribution in [0.2, 0.25) is 0 Å². The van der Waals surface area contributed by atoms with Gasteiger partial charge < -0.3 is 20.8 Å². The molecule has 0 spiro atoms. The number of benzene rings is 1. The maximum absolute atomic E-state index is 8.90. The number of hydrogen-bond acceptors (Lipinski definition) is 5. The lowest BCUT2D eigenvalue weighted by Crippen LogP contribution is -2.30. The molecule has 0 saturated carbocycles. The summed E-state index contributed by atoms with van der Waals surface area (Å²) in [5.74, 6) is 0. The van der Waals surface area contributed by atoms with Crippen molar-refractivity contribution in [2.24, 2.45) is 0 Å². The Bertz CT molecular complexity index is 381. The van der Waals surface area contributed by atoms with Crippen LogP contribution in [0.25, 0.3) is 0 Å². The lowest BCUT2D eigenvalue weighted by atomic mass is 10.1. The highest BCUT2D eigenvalue weighted by Crippen LogP contribution is 2.23. The maximum Gasteiger partial charge on any atom is 0.0992 e. The molecule has 5 nitrogen and oxygen atoms in total. The summed E-state index contributed by atoms with van der Waals surface area (Å²) in [7, 11) is 0. The fourth-order valence-corrected chi connectivity index (χ4v) is 1.51. The van der Waals surface area contributed by atoms with Crippen LogP contribution < -0.4 is 10.6 Å². The average molecular weight is 221 g/mol. The molecule has 0 aliphatic heterocycles. The number of anilines is 2. The summed E-state index contributed by atoms with van der Waals surface area (Å²) < 4.78 is 0. The standard InChI is InChI=1S/C11H15N3O2/c12-8-9-1-2-11(10(13)7-9)14(3-5-15)4-6-16/h1-2,7,15-16H,3-6,13H2. The normalized spacial score (nSPS) is 9.81. The molecule has 1 aromatic carbocycles. The Morgan fingerprint density at radius 2 is 1.88 bits per heavy atom. The van der Waals surface area contributed by atoms with Gasteiger partial charge in [0.05, 0.1) is 36.2 Å². The van der Waals surface area contributed by atoms with Crippen molar-refractivity contribution in [3.05, 3.63) is 23.8 Å². The number of nitrogen functional groups attached to an aromatic ring is 1. The summed E-state index contributed by atoms with van der Waals surface area (Å²) in [6, 6.07) is 6.96. The summed E-state index contributed by atoms with van der Waals surface area (Å²) in [6.45, 7) is 0.770. The second kappa shape index (κ2) is 5.95. The summed E-state index contributed by atoms with van der Waals surface area (Å²) in [6.07, 6.45) is 0. The van der Waals surface area contributed by atoms with Crippen LogP contribution >= 0.6 is 0 Å². The van der Waals surface area contributed by atoms with E-state index in [-0.39, 0.29) is 13.2 Å². The van der Waals surface area contributed by atoms with Crippen LogP contribution in [0.15, 0.2) is 18.2 Å². The Kier molecular flexibility index (Phi) is 4.58. The zero-order valence-electron chi connectivity index (χ0n) is 8.93. The molecule has 0 saturated heterocycles. The van der Waals surface area contributed by atoms with Crippen LogP contribution in [0, 0.1) is 11.3 Å². The van der Waals surface area contributed by atoms with Crippen molar-refractivity contribution in [1.82, 2.24) is 0 Å². The predicted octanol–water partition coefficient (Wildman–Crippen LogP) is -0.0685. The molecule has 1 rings (SSSR count). The summed E-state index contributed by atoms with van der Waals surface area (Å²) in [4.78, 5) is 1.77. The largest absolute Gasteiger partial charge is 0.397 e. The third-order valence-electron chi connectivity index (χ3n) is 2.24. The summed E-state index contributed by atoms with van der Waals surface area (Å²) in [5.41, 5.74) is 7.49. The van der Waals surface area contributed by atoms with Gasteiger partial charge in [-0.25, -0.2) is 0 Å². The SMILES string of the molecule is N#Cc1ccc(N(CCO)CCO)c(N)c1. The van der Waals surface area contributed by atoms with Crippen LogP contribution in [0.4, 0.5) is 11.4 Å². The summed E-state index contributed by atoms with van der Waals surface area (Å²) >= 11 is 0. The van der Waals surface area contributed by atoms with Crippen molar-refractivity contribution in [3.8, 4) is 6.07 Å². The van der Waals surface area contributed by atoms with Crippen molar-refractivity contribution in [3.63, 3.8) is 0 Å². The van der Waals surface area contributed by atoms with Gasteiger partial charge in [-0.15, -0.1) is 0 Å². The van der Waals surface area contributed by atoms with Crippen LogP contribution in [0.3, 0.4) is 0 Å². The lowest BCUT2D eigenvalue weighted by Gasteiger charge is -2.24. The minimum atomic E-state index is -0.0144. The quantitative estimate of drug-likeness (QED) is 0.605. The number of rotatable bonds is 5. The van der Waals surface area contributed by atoms with E-state index in [0.717, 1.165) is 5.69 Å². The molecule has 4 N–H and O–H groups in total. The second-order valence-corrected chi connectivity index (χ2v) is 3.32. The molecular formula is C11H15N3O2. The van der Waals surface area contributed by atoms with Crippen molar-refractivity contribution in [2.75, 3.05) is 36.9 Å². The van der Waals surface area contributed by atoms with Crippen molar-refractivity contribution < 1.29 is 10.2 Å². The van der Waals surface area contributed by atoms with E-state index in [1.807, 2.05) is 6.07 Å². The van der Waals surface area contributed by atoms with Gasteiger partial charge in [0, 0.05) is 13.1 Å². The molecular weight excluding hydrogens is 206 g/mol. The minimum absolute atomic E-state index is 0.0144. The molecule has 0 heterocycles. The Balaban J connectivity index is 2.96. The highest BCUT2D eigenvalue weighted by molar-refractivity contribution is 5.69. The van der Waals surface area contributed by atoms with Gasteiger partial charge >= 0.3 is 0 Å². The Labute approximate surface area is 94.3 Å². The number of aliphatic hydroxyl groups excluding tert-OH is 2. The molecule has 0 radical (unpaired) electrons. The predicted molar refractivity (Wildman–Crippen MR) is 62.0 cm³/mol. The number of aliphatic hydroxyl groups is 2. The maximum atomic E-state index is 8.90. The van der Waals surface area contributed by atoms with E-state index in [1.165, 1.54) is 0 Å². The average Bonchev–Trinajstić information content (AvgIpc) is 2.29. The molecule has 0 aromatic heterocycles. The third kappa shape index (κ3) is 2.86. The molecule has 0 amide bonds. The fraction of sp³-hybridized carbons (Fsp3) is 0.364. The van der Waals surface area contributed by atoms with Gasteiger partial charge in [0.15, 0.2) is 0 Å².